The number of allylic oxidation sites excluding steroid dienone is 1. The second-order valence-electron chi connectivity index (χ2n) is 4.64. The van der Waals surface area contributed by atoms with E-state index in [0.29, 0.717) is 29.8 Å². The van der Waals surface area contributed by atoms with Gasteiger partial charge in [-0.1, -0.05) is 6.08 Å². The first-order chi connectivity index (χ1) is 9.63. The predicted molar refractivity (Wildman–Crippen MR) is 80.6 cm³/mol. The van der Waals surface area contributed by atoms with Crippen molar-refractivity contribution < 1.29 is 4.79 Å². The molecule has 1 aromatic heterocycles. The van der Waals surface area contributed by atoms with Crippen molar-refractivity contribution in [2.45, 2.75) is 19.4 Å². The summed E-state index contributed by atoms with van der Waals surface area (Å²) in [6.07, 6.45) is 5.19. The lowest BCUT2D eigenvalue weighted by Crippen LogP contribution is -2.30. The maximum atomic E-state index is 11.9. The van der Waals surface area contributed by atoms with Crippen molar-refractivity contribution in [3.63, 3.8) is 0 Å². The van der Waals surface area contributed by atoms with Gasteiger partial charge in [-0.05, 0) is 28.8 Å². The van der Waals surface area contributed by atoms with Gasteiger partial charge in [0.05, 0.1) is 18.4 Å². The van der Waals surface area contributed by atoms with Crippen LogP contribution in [0.15, 0.2) is 28.1 Å². The lowest BCUT2D eigenvalue weighted by Gasteiger charge is -2.10. The maximum Gasteiger partial charge on any atom is 0.283 e. The van der Waals surface area contributed by atoms with Gasteiger partial charge in [-0.25, -0.2) is 4.68 Å². The van der Waals surface area contributed by atoms with Gasteiger partial charge in [0, 0.05) is 19.0 Å². The van der Waals surface area contributed by atoms with Crippen LogP contribution in [0.3, 0.4) is 0 Å². The van der Waals surface area contributed by atoms with Crippen molar-refractivity contribution in [2.24, 2.45) is 5.92 Å². The summed E-state index contributed by atoms with van der Waals surface area (Å²) in [4.78, 5) is 23.3. The average molecular weight is 341 g/mol. The third-order valence-corrected chi connectivity index (χ3v) is 3.74. The fraction of sp³-hybridized carbons (Fsp3) is 0.462. The van der Waals surface area contributed by atoms with E-state index in [1.54, 1.807) is 12.3 Å². The number of rotatable bonds is 7. The highest BCUT2D eigenvalue weighted by atomic mass is 79.9. The molecule has 1 saturated carbocycles. The van der Waals surface area contributed by atoms with Gasteiger partial charge in [-0.3, -0.25) is 9.59 Å². The molecule has 0 atom stereocenters. The van der Waals surface area contributed by atoms with Crippen molar-refractivity contribution in [3.05, 3.63) is 33.7 Å². The largest absolute Gasteiger partial charge is 0.381 e. The Labute approximate surface area is 125 Å². The number of aromatic nitrogens is 2. The van der Waals surface area contributed by atoms with E-state index in [2.05, 4.69) is 38.2 Å². The minimum absolute atomic E-state index is 0.116. The quantitative estimate of drug-likeness (QED) is 0.576. The van der Waals surface area contributed by atoms with Crippen LogP contribution in [-0.4, -0.2) is 28.8 Å². The Bertz CT molecular complexity index is 566. The Kier molecular flexibility index (Phi) is 4.94. The van der Waals surface area contributed by atoms with E-state index in [0.717, 1.165) is 12.8 Å². The van der Waals surface area contributed by atoms with Crippen molar-refractivity contribution in [2.75, 3.05) is 18.4 Å². The zero-order valence-corrected chi connectivity index (χ0v) is 12.6. The molecule has 108 valence electrons. The molecule has 1 heterocycles. The topological polar surface area (TPSA) is 76.0 Å². The Morgan fingerprint density at radius 1 is 1.55 bits per heavy atom. The van der Waals surface area contributed by atoms with Gasteiger partial charge in [0.25, 0.3) is 5.56 Å². The summed E-state index contributed by atoms with van der Waals surface area (Å²) < 4.78 is 1.75. The molecule has 1 aromatic rings. The van der Waals surface area contributed by atoms with Gasteiger partial charge in [0.1, 0.15) is 4.47 Å². The van der Waals surface area contributed by atoms with E-state index in [1.165, 1.54) is 4.68 Å². The van der Waals surface area contributed by atoms with Crippen molar-refractivity contribution in [1.82, 2.24) is 15.1 Å². The molecule has 0 saturated heterocycles. The van der Waals surface area contributed by atoms with Crippen LogP contribution < -0.4 is 16.2 Å². The van der Waals surface area contributed by atoms with E-state index in [1.807, 2.05) is 0 Å². The fourth-order valence-electron chi connectivity index (χ4n) is 1.71. The Balaban J connectivity index is 1.86. The van der Waals surface area contributed by atoms with Crippen LogP contribution in [0, 0.1) is 5.92 Å². The summed E-state index contributed by atoms with van der Waals surface area (Å²) in [6, 6.07) is 0. The highest BCUT2D eigenvalue weighted by Gasteiger charge is 2.28. The standard InChI is InChI=1S/C13H17BrN4O2/c1-2-7-18-13(20)11(14)10(8-17-18)15-5-6-16-12(19)9-3-4-9/h2,8-9,15H,1,3-7H2,(H,16,19). The van der Waals surface area contributed by atoms with E-state index >= 15 is 0 Å². The normalized spacial score (nSPS) is 13.8. The lowest BCUT2D eigenvalue weighted by molar-refractivity contribution is -0.122. The molecule has 20 heavy (non-hydrogen) atoms. The van der Waals surface area contributed by atoms with Gasteiger partial charge in [0.2, 0.25) is 5.91 Å². The van der Waals surface area contributed by atoms with E-state index < -0.39 is 0 Å². The van der Waals surface area contributed by atoms with Crippen LogP contribution in [0.1, 0.15) is 12.8 Å². The monoisotopic (exact) mass is 340 g/mol. The fourth-order valence-corrected chi connectivity index (χ4v) is 2.16. The van der Waals surface area contributed by atoms with Gasteiger partial charge in [0.15, 0.2) is 0 Å². The van der Waals surface area contributed by atoms with Crippen LogP contribution in [0.5, 0.6) is 0 Å². The Hall–Kier alpha value is -1.63. The average Bonchev–Trinajstić information content (AvgIpc) is 3.26. The molecular weight excluding hydrogens is 324 g/mol. The molecule has 7 heteroatoms. The molecule has 1 aliphatic carbocycles. The molecule has 1 fully saturated rings. The van der Waals surface area contributed by atoms with Crippen LogP contribution in [-0.2, 0) is 11.3 Å². The highest BCUT2D eigenvalue weighted by molar-refractivity contribution is 9.10. The summed E-state index contributed by atoms with van der Waals surface area (Å²) in [5, 5.41) is 9.96. The minimum Gasteiger partial charge on any atom is -0.381 e. The van der Waals surface area contributed by atoms with E-state index in [9.17, 15) is 9.59 Å². The molecule has 6 nitrogen and oxygen atoms in total. The number of nitrogens with zero attached hydrogens (tertiary/aromatic N) is 2. The van der Waals surface area contributed by atoms with Crippen molar-refractivity contribution in [1.29, 1.82) is 0 Å². The number of carbonyl (C=O) groups is 1. The molecule has 2 rings (SSSR count). The zero-order valence-electron chi connectivity index (χ0n) is 11.1. The summed E-state index contributed by atoms with van der Waals surface area (Å²) in [6.45, 7) is 5.02. The summed E-state index contributed by atoms with van der Waals surface area (Å²) >= 11 is 3.26. The predicted octanol–water partition coefficient (Wildman–Crippen LogP) is 1.13. The van der Waals surface area contributed by atoms with Crippen molar-refractivity contribution in [3.8, 4) is 0 Å². The first-order valence-corrected chi connectivity index (χ1v) is 7.31. The second kappa shape index (κ2) is 6.69. The number of hydrogen-bond acceptors (Lipinski definition) is 4. The van der Waals surface area contributed by atoms with E-state index in [-0.39, 0.29) is 17.4 Å². The van der Waals surface area contributed by atoms with Gasteiger partial charge in [-0.2, -0.15) is 5.10 Å². The molecule has 0 spiro atoms. The number of halogens is 1. The smallest absolute Gasteiger partial charge is 0.283 e. The molecule has 0 radical (unpaired) electrons. The van der Waals surface area contributed by atoms with Crippen LogP contribution in [0.2, 0.25) is 0 Å². The molecule has 0 unspecified atom stereocenters. The van der Waals surface area contributed by atoms with Gasteiger partial charge >= 0.3 is 0 Å². The third-order valence-electron chi connectivity index (χ3n) is 2.97. The number of anilines is 1. The SMILES string of the molecule is C=CCn1ncc(NCCNC(=O)C2CC2)c(Br)c1=O. The highest BCUT2D eigenvalue weighted by Crippen LogP contribution is 2.28. The Morgan fingerprint density at radius 3 is 2.95 bits per heavy atom. The molecular formula is C13H17BrN4O2. The molecule has 2 N–H and O–H groups in total. The summed E-state index contributed by atoms with van der Waals surface area (Å²) in [7, 11) is 0. The summed E-state index contributed by atoms with van der Waals surface area (Å²) in [5.74, 6) is 0.330. The van der Waals surface area contributed by atoms with Gasteiger partial charge in [-0.15, -0.1) is 6.58 Å². The third kappa shape index (κ3) is 3.69. The summed E-state index contributed by atoms with van der Waals surface area (Å²) in [5.41, 5.74) is 0.410. The molecule has 1 aliphatic rings. The molecule has 0 bridgehead atoms. The number of nitrogens with one attached hydrogen (secondary N) is 2. The molecule has 1 amide bonds. The zero-order chi connectivity index (χ0) is 14.5. The number of hydrogen-bond donors (Lipinski definition) is 2. The first kappa shape index (κ1) is 14.8. The molecule has 0 aromatic carbocycles. The maximum absolute atomic E-state index is 11.9. The number of carbonyl (C=O) groups excluding carboxylic acids is 1. The second-order valence-corrected chi connectivity index (χ2v) is 5.43. The van der Waals surface area contributed by atoms with Crippen LogP contribution >= 0.6 is 15.9 Å². The van der Waals surface area contributed by atoms with Crippen LogP contribution in [0.4, 0.5) is 5.69 Å². The molecule has 0 aliphatic heterocycles. The van der Waals surface area contributed by atoms with Crippen LogP contribution in [0.25, 0.3) is 0 Å². The lowest BCUT2D eigenvalue weighted by atomic mass is 10.4. The van der Waals surface area contributed by atoms with Crippen molar-refractivity contribution >= 4 is 27.5 Å². The Morgan fingerprint density at radius 2 is 2.30 bits per heavy atom. The first-order valence-electron chi connectivity index (χ1n) is 6.51. The minimum atomic E-state index is -0.211. The number of amides is 1. The van der Waals surface area contributed by atoms with E-state index in [4.69, 9.17) is 0 Å². The van der Waals surface area contributed by atoms with Gasteiger partial charge < -0.3 is 10.6 Å².